The average molecular weight is 215 g/mol. The highest BCUT2D eigenvalue weighted by atomic mass is 16.3. The van der Waals surface area contributed by atoms with E-state index in [0.29, 0.717) is 5.56 Å². The minimum atomic E-state index is -0.129. The van der Waals surface area contributed by atoms with Crippen molar-refractivity contribution < 1.29 is 9.90 Å². The van der Waals surface area contributed by atoms with Crippen LogP contribution in [0.15, 0.2) is 36.4 Å². The van der Waals surface area contributed by atoms with Crippen molar-refractivity contribution in [2.75, 3.05) is 0 Å². The maximum atomic E-state index is 11.3. The Morgan fingerprint density at radius 1 is 1.25 bits per heavy atom. The van der Waals surface area contributed by atoms with Crippen LogP contribution in [0.4, 0.5) is 0 Å². The van der Waals surface area contributed by atoms with Gasteiger partial charge in [0, 0.05) is 11.4 Å². The number of carbonyl (C=O) groups excluding carboxylic acids is 1. The zero-order valence-corrected chi connectivity index (χ0v) is 9.27. The number of hydrogen-bond donors (Lipinski definition) is 1. The SMILES string of the molecule is CC(=O)c1cc(C)n(-c2ccccc2)c1O. The van der Waals surface area contributed by atoms with E-state index in [2.05, 4.69) is 0 Å². The van der Waals surface area contributed by atoms with Crippen molar-refractivity contribution in [3.05, 3.63) is 47.7 Å². The van der Waals surface area contributed by atoms with Crippen LogP contribution in [-0.2, 0) is 0 Å². The summed E-state index contributed by atoms with van der Waals surface area (Å²) in [6.07, 6.45) is 0. The van der Waals surface area contributed by atoms with Gasteiger partial charge in [-0.05, 0) is 32.0 Å². The number of aromatic hydroxyl groups is 1. The van der Waals surface area contributed by atoms with Gasteiger partial charge < -0.3 is 5.11 Å². The maximum absolute atomic E-state index is 11.3. The summed E-state index contributed by atoms with van der Waals surface area (Å²) in [7, 11) is 0. The van der Waals surface area contributed by atoms with Gasteiger partial charge in [0.2, 0.25) is 5.88 Å². The molecule has 0 unspecified atom stereocenters. The molecule has 3 heteroatoms. The maximum Gasteiger partial charge on any atom is 0.206 e. The lowest BCUT2D eigenvalue weighted by molar-refractivity contribution is 0.101. The second-order valence-electron chi connectivity index (χ2n) is 3.75. The van der Waals surface area contributed by atoms with E-state index >= 15 is 0 Å². The first kappa shape index (κ1) is 10.5. The molecule has 0 saturated heterocycles. The molecular formula is C13H13NO2. The highest BCUT2D eigenvalue weighted by Crippen LogP contribution is 2.26. The summed E-state index contributed by atoms with van der Waals surface area (Å²) in [6.45, 7) is 3.31. The van der Waals surface area contributed by atoms with Crippen LogP contribution in [0.3, 0.4) is 0 Å². The average Bonchev–Trinajstić information content (AvgIpc) is 2.56. The van der Waals surface area contributed by atoms with Gasteiger partial charge in [-0.3, -0.25) is 9.36 Å². The molecule has 1 N–H and O–H groups in total. The van der Waals surface area contributed by atoms with Crippen molar-refractivity contribution in [2.24, 2.45) is 0 Å². The summed E-state index contributed by atoms with van der Waals surface area (Å²) in [5.41, 5.74) is 2.06. The summed E-state index contributed by atoms with van der Waals surface area (Å²) >= 11 is 0. The van der Waals surface area contributed by atoms with Crippen LogP contribution in [0.5, 0.6) is 5.88 Å². The Labute approximate surface area is 94.0 Å². The molecule has 0 spiro atoms. The third kappa shape index (κ3) is 1.60. The van der Waals surface area contributed by atoms with Crippen LogP contribution >= 0.6 is 0 Å². The molecule has 1 aromatic carbocycles. The third-order valence-electron chi connectivity index (χ3n) is 2.55. The molecule has 16 heavy (non-hydrogen) atoms. The number of ketones is 1. The summed E-state index contributed by atoms with van der Waals surface area (Å²) < 4.78 is 1.66. The van der Waals surface area contributed by atoms with Gasteiger partial charge in [0.1, 0.15) is 0 Å². The molecule has 2 aromatic rings. The number of rotatable bonds is 2. The number of hydrogen-bond acceptors (Lipinski definition) is 2. The Balaban J connectivity index is 2.63. The van der Waals surface area contributed by atoms with Crippen LogP contribution in [0, 0.1) is 6.92 Å². The standard InChI is InChI=1S/C13H13NO2/c1-9-8-12(10(2)15)13(16)14(9)11-6-4-3-5-7-11/h3-8,16H,1-2H3. The van der Waals surface area contributed by atoms with Crippen molar-refractivity contribution in [1.82, 2.24) is 4.57 Å². The number of Topliss-reactive ketones (excluding diaryl/α,β-unsaturated/α-hetero) is 1. The fourth-order valence-corrected chi connectivity index (χ4v) is 1.79. The van der Waals surface area contributed by atoms with E-state index in [0.717, 1.165) is 11.4 Å². The molecule has 0 atom stereocenters. The summed E-state index contributed by atoms with van der Waals surface area (Å²) in [6, 6.07) is 11.2. The fourth-order valence-electron chi connectivity index (χ4n) is 1.79. The number of aromatic nitrogens is 1. The van der Waals surface area contributed by atoms with Crippen LogP contribution in [0.1, 0.15) is 23.0 Å². The minimum absolute atomic E-state index is 0.0104. The highest BCUT2D eigenvalue weighted by molar-refractivity contribution is 5.96. The molecule has 0 aliphatic rings. The molecule has 0 amide bonds. The lowest BCUT2D eigenvalue weighted by Gasteiger charge is -2.07. The van der Waals surface area contributed by atoms with Crippen LogP contribution in [0.2, 0.25) is 0 Å². The van der Waals surface area contributed by atoms with Crippen LogP contribution in [0.25, 0.3) is 5.69 Å². The molecule has 82 valence electrons. The Kier molecular flexibility index (Phi) is 2.52. The van der Waals surface area contributed by atoms with Crippen LogP contribution in [-0.4, -0.2) is 15.5 Å². The smallest absolute Gasteiger partial charge is 0.206 e. The van der Waals surface area contributed by atoms with Gasteiger partial charge in [0.05, 0.1) is 5.56 Å². The van der Waals surface area contributed by atoms with E-state index in [-0.39, 0.29) is 11.7 Å². The molecule has 0 aliphatic heterocycles. The van der Waals surface area contributed by atoms with Gasteiger partial charge in [-0.2, -0.15) is 0 Å². The quantitative estimate of drug-likeness (QED) is 0.782. The summed E-state index contributed by atoms with van der Waals surface area (Å²) in [5, 5.41) is 9.98. The lowest BCUT2D eigenvalue weighted by atomic mass is 10.2. The van der Waals surface area contributed by atoms with E-state index < -0.39 is 0 Å². The van der Waals surface area contributed by atoms with Crippen molar-refractivity contribution in [2.45, 2.75) is 13.8 Å². The lowest BCUT2D eigenvalue weighted by Crippen LogP contribution is -1.96. The van der Waals surface area contributed by atoms with Gasteiger partial charge in [0.25, 0.3) is 0 Å². The molecule has 1 aromatic heterocycles. The number of nitrogens with zero attached hydrogens (tertiary/aromatic N) is 1. The van der Waals surface area contributed by atoms with Gasteiger partial charge >= 0.3 is 0 Å². The number of carbonyl (C=O) groups is 1. The minimum Gasteiger partial charge on any atom is -0.494 e. The first-order valence-corrected chi connectivity index (χ1v) is 5.09. The van der Waals surface area contributed by atoms with Gasteiger partial charge in [-0.25, -0.2) is 0 Å². The molecule has 0 radical (unpaired) electrons. The molecule has 0 aliphatic carbocycles. The predicted molar refractivity (Wildman–Crippen MR) is 62.2 cm³/mol. The molecule has 3 nitrogen and oxygen atoms in total. The van der Waals surface area contributed by atoms with E-state index in [1.807, 2.05) is 37.3 Å². The van der Waals surface area contributed by atoms with Gasteiger partial charge in [-0.1, -0.05) is 18.2 Å². The normalized spacial score (nSPS) is 10.4. The van der Waals surface area contributed by atoms with Crippen LogP contribution < -0.4 is 0 Å². The van der Waals surface area contributed by atoms with E-state index in [1.165, 1.54) is 6.92 Å². The number of aryl methyl sites for hydroxylation is 1. The van der Waals surface area contributed by atoms with Crippen molar-refractivity contribution in [3.8, 4) is 11.6 Å². The largest absolute Gasteiger partial charge is 0.494 e. The van der Waals surface area contributed by atoms with E-state index in [1.54, 1.807) is 10.6 Å². The van der Waals surface area contributed by atoms with Gasteiger partial charge in [-0.15, -0.1) is 0 Å². The topological polar surface area (TPSA) is 42.2 Å². The molecular weight excluding hydrogens is 202 g/mol. The second kappa shape index (κ2) is 3.85. The summed E-state index contributed by atoms with van der Waals surface area (Å²) in [4.78, 5) is 11.3. The molecule has 1 heterocycles. The van der Waals surface area contributed by atoms with Crippen molar-refractivity contribution >= 4 is 5.78 Å². The second-order valence-corrected chi connectivity index (χ2v) is 3.75. The first-order chi connectivity index (χ1) is 7.61. The van der Waals surface area contributed by atoms with Crippen molar-refractivity contribution in [1.29, 1.82) is 0 Å². The monoisotopic (exact) mass is 215 g/mol. The Morgan fingerprint density at radius 2 is 1.88 bits per heavy atom. The number of para-hydroxylation sites is 1. The molecule has 0 bridgehead atoms. The fraction of sp³-hybridized carbons (Fsp3) is 0.154. The first-order valence-electron chi connectivity index (χ1n) is 5.09. The molecule has 2 rings (SSSR count). The Morgan fingerprint density at radius 3 is 2.38 bits per heavy atom. The Hall–Kier alpha value is -2.03. The van der Waals surface area contributed by atoms with E-state index in [9.17, 15) is 9.90 Å². The van der Waals surface area contributed by atoms with Crippen molar-refractivity contribution in [3.63, 3.8) is 0 Å². The molecule has 0 fully saturated rings. The third-order valence-corrected chi connectivity index (χ3v) is 2.55. The highest BCUT2D eigenvalue weighted by Gasteiger charge is 2.15. The summed E-state index contributed by atoms with van der Waals surface area (Å²) in [5.74, 6) is -0.119. The zero-order valence-electron chi connectivity index (χ0n) is 9.27. The number of benzene rings is 1. The molecule has 0 saturated carbocycles. The van der Waals surface area contributed by atoms with E-state index in [4.69, 9.17) is 0 Å². The van der Waals surface area contributed by atoms with Gasteiger partial charge in [0.15, 0.2) is 5.78 Å². The zero-order chi connectivity index (χ0) is 11.7. The Bertz CT molecular complexity index is 526. The predicted octanol–water partition coefficient (Wildman–Crippen LogP) is 2.69.